The minimum absolute atomic E-state index is 0.0413. The van der Waals surface area contributed by atoms with E-state index in [2.05, 4.69) is 11.9 Å². The van der Waals surface area contributed by atoms with Crippen molar-refractivity contribution in [3.05, 3.63) is 70.8 Å². The second-order valence-corrected chi connectivity index (χ2v) is 5.33. The predicted molar refractivity (Wildman–Crippen MR) is 94.0 cm³/mol. The van der Waals surface area contributed by atoms with Crippen LogP contribution < -0.4 is 14.8 Å². The fourth-order valence-corrected chi connectivity index (χ4v) is 1.90. The maximum absolute atomic E-state index is 12.0. The highest BCUT2D eigenvalue weighted by Gasteiger charge is 2.09. The normalized spacial score (nSPS) is 9.96. The zero-order valence-corrected chi connectivity index (χ0v) is 13.7. The number of para-hydroxylation sites is 2. The summed E-state index contributed by atoms with van der Waals surface area (Å²) in [5.74, 6) is 0.534. The molecular formula is C18H18N2O5. The number of carbonyl (C=O) groups excluding carboxylic acids is 1. The molecule has 2 rings (SSSR count). The van der Waals surface area contributed by atoms with Gasteiger partial charge in [0.1, 0.15) is 18.1 Å². The standard InChI is InChI=1S/C18H18N2O5/c1-13(2)11-25-17-6-4-3-5-16(17)19-18(21)12-24-15-9-7-14(8-10-15)20(22)23/h3-10H,1,11-12H2,2H3,(H,19,21). The third-order valence-corrected chi connectivity index (χ3v) is 3.05. The third kappa shape index (κ3) is 5.65. The number of nitro groups is 1. The van der Waals surface area contributed by atoms with Gasteiger partial charge in [-0.3, -0.25) is 14.9 Å². The lowest BCUT2D eigenvalue weighted by Crippen LogP contribution is -2.20. The second-order valence-electron chi connectivity index (χ2n) is 5.33. The number of nitrogens with zero attached hydrogens (tertiary/aromatic N) is 1. The molecular weight excluding hydrogens is 324 g/mol. The average molecular weight is 342 g/mol. The first kappa shape index (κ1) is 18.0. The number of benzene rings is 2. The van der Waals surface area contributed by atoms with Crippen LogP contribution in [0.4, 0.5) is 11.4 Å². The molecule has 0 aliphatic rings. The van der Waals surface area contributed by atoms with Gasteiger partial charge in [-0.2, -0.15) is 0 Å². The van der Waals surface area contributed by atoms with Crippen LogP contribution in [0.2, 0.25) is 0 Å². The number of carbonyl (C=O) groups is 1. The molecule has 0 saturated carbocycles. The van der Waals surface area contributed by atoms with E-state index in [4.69, 9.17) is 9.47 Å². The van der Waals surface area contributed by atoms with Gasteiger partial charge < -0.3 is 14.8 Å². The van der Waals surface area contributed by atoms with Gasteiger partial charge in [-0.15, -0.1) is 0 Å². The minimum Gasteiger partial charge on any atom is -0.487 e. The van der Waals surface area contributed by atoms with Crippen LogP contribution >= 0.6 is 0 Å². The first-order valence-corrected chi connectivity index (χ1v) is 7.49. The Bertz CT molecular complexity index is 771. The van der Waals surface area contributed by atoms with Gasteiger partial charge in [-0.05, 0) is 36.8 Å². The van der Waals surface area contributed by atoms with Crippen LogP contribution in [0.1, 0.15) is 6.92 Å². The molecule has 0 saturated heterocycles. The Hall–Kier alpha value is -3.35. The number of hydrogen-bond acceptors (Lipinski definition) is 5. The molecule has 0 aliphatic carbocycles. The smallest absolute Gasteiger partial charge is 0.269 e. The summed E-state index contributed by atoms with van der Waals surface area (Å²) in [6, 6.07) is 12.6. The van der Waals surface area contributed by atoms with Crippen molar-refractivity contribution in [3.8, 4) is 11.5 Å². The van der Waals surface area contributed by atoms with Gasteiger partial charge in [0.25, 0.3) is 11.6 Å². The number of nitro benzene ring substituents is 1. The van der Waals surface area contributed by atoms with Crippen LogP contribution in [0.5, 0.6) is 11.5 Å². The molecule has 0 bridgehead atoms. The highest BCUT2D eigenvalue weighted by atomic mass is 16.6. The molecule has 1 amide bonds. The lowest BCUT2D eigenvalue weighted by atomic mass is 10.3. The van der Waals surface area contributed by atoms with Gasteiger partial charge in [0, 0.05) is 12.1 Å². The van der Waals surface area contributed by atoms with E-state index in [0.717, 1.165) is 5.57 Å². The Kier molecular flexibility index (Phi) is 6.11. The van der Waals surface area contributed by atoms with Gasteiger partial charge in [0.2, 0.25) is 0 Å². The van der Waals surface area contributed by atoms with Crippen LogP contribution in [0.3, 0.4) is 0 Å². The number of hydrogen-bond donors (Lipinski definition) is 1. The first-order chi connectivity index (χ1) is 12.0. The van der Waals surface area contributed by atoms with E-state index in [9.17, 15) is 14.9 Å². The van der Waals surface area contributed by atoms with Crippen LogP contribution in [0.15, 0.2) is 60.7 Å². The predicted octanol–water partition coefficient (Wildman–Crippen LogP) is 3.57. The summed E-state index contributed by atoms with van der Waals surface area (Å²) in [5, 5.41) is 13.3. The molecule has 25 heavy (non-hydrogen) atoms. The minimum atomic E-state index is -0.502. The zero-order chi connectivity index (χ0) is 18.2. The van der Waals surface area contributed by atoms with E-state index in [1.54, 1.807) is 24.3 Å². The summed E-state index contributed by atoms with van der Waals surface area (Å²) in [6.45, 7) is 5.74. The van der Waals surface area contributed by atoms with E-state index in [-0.39, 0.29) is 18.2 Å². The second kappa shape index (κ2) is 8.49. The highest BCUT2D eigenvalue weighted by Crippen LogP contribution is 2.24. The van der Waals surface area contributed by atoms with Crippen LogP contribution in [-0.2, 0) is 4.79 Å². The molecule has 7 heteroatoms. The molecule has 0 aromatic heterocycles. The van der Waals surface area contributed by atoms with Gasteiger partial charge in [0.15, 0.2) is 6.61 Å². The molecule has 2 aromatic rings. The van der Waals surface area contributed by atoms with Crippen molar-refractivity contribution in [2.45, 2.75) is 6.92 Å². The monoisotopic (exact) mass is 342 g/mol. The molecule has 0 unspecified atom stereocenters. The Labute approximate surface area is 145 Å². The highest BCUT2D eigenvalue weighted by molar-refractivity contribution is 5.93. The summed E-state index contributed by atoms with van der Waals surface area (Å²) in [5.41, 5.74) is 1.35. The largest absolute Gasteiger partial charge is 0.487 e. The number of nitrogens with one attached hydrogen (secondary N) is 1. The maximum Gasteiger partial charge on any atom is 0.269 e. The van der Waals surface area contributed by atoms with Crippen molar-refractivity contribution in [3.63, 3.8) is 0 Å². The Morgan fingerprint density at radius 1 is 1.12 bits per heavy atom. The molecule has 0 heterocycles. The Morgan fingerprint density at radius 3 is 2.44 bits per heavy atom. The number of amides is 1. The fraction of sp³-hybridized carbons (Fsp3) is 0.167. The van der Waals surface area contributed by atoms with Crippen LogP contribution in [-0.4, -0.2) is 24.0 Å². The van der Waals surface area contributed by atoms with Crippen molar-refractivity contribution < 1.29 is 19.2 Å². The molecule has 0 radical (unpaired) electrons. The van der Waals surface area contributed by atoms with Crippen molar-refractivity contribution in [2.24, 2.45) is 0 Å². The van der Waals surface area contributed by atoms with Crippen LogP contribution in [0.25, 0.3) is 0 Å². The van der Waals surface area contributed by atoms with Crippen LogP contribution in [0, 0.1) is 10.1 Å². The lowest BCUT2D eigenvalue weighted by molar-refractivity contribution is -0.384. The van der Waals surface area contributed by atoms with Gasteiger partial charge in [0.05, 0.1) is 10.6 Å². The quantitative estimate of drug-likeness (QED) is 0.450. The van der Waals surface area contributed by atoms with Crippen molar-refractivity contribution in [2.75, 3.05) is 18.5 Å². The van der Waals surface area contributed by atoms with Crippen molar-refractivity contribution >= 4 is 17.3 Å². The Balaban J connectivity index is 1.92. The summed E-state index contributed by atoms with van der Waals surface area (Å²) in [7, 11) is 0. The van der Waals surface area contributed by atoms with Crippen molar-refractivity contribution in [1.29, 1.82) is 0 Å². The average Bonchev–Trinajstić information content (AvgIpc) is 2.59. The Morgan fingerprint density at radius 2 is 1.80 bits per heavy atom. The summed E-state index contributed by atoms with van der Waals surface area (Å²) in [4.78, 5) is 22.1. The first-order valence-electron chi connectivity index (χ1n) is 7.49. The number of anilines is 1. The van der Waals surface area contributed by atoms with E-state index in [0.29, 0.717) is 23.8 Å². The third-order valence-electron chi connectivity index (χ3n) is 3.05. The molecule has 1 N–H and O–H groups in total. The molecule has 0 atom stereocenters. The number of ether oxygens (including phenoxy) is 2. The fourth-order valence-electron chi connectivity index (χ4n) is 1.90. The van der Waals surface area contributed by atoms with Gasteiger partial charge >= 0.3 is 0 Å². The summed E-state index contributed by atoms with van der Waals surface area (Å²) >= 11 is 0. The summed E-state index contributed by atoms with van der Waals surface area (Å²) in [6.07, 6.45) is 0. The van der Waals surface area contributed by atoms with Gasteiger partial charge in [-0.1, -0.05) is 18.7 Å². The van der Waals surface area contributed by atoms with E-state index in [1.165, 1.54) is 24.3 Å². The van der Waals surface area contributed by atoms with Gasteiger partial charge in [-0.25, -0.2) is 0 Å². The van der Waals surface area contributed by atoms with E-state index < -0.39 is 4.92 Å². The molecule has 0 aliphatic heterocycles. The molecule has 130 valence electrons. The van der Waals surface area contributed by atoms with E-state index >= 15 is 0 Å². The molecule has 0 spiro atoms. The topological polar surface area (TPSA) is 90.7 Å². The maximum atomic E-state index is 12.0. The molecule has 0 fully saturated rings. The molecule has 7 nitrogen and oxygen atoms in total. The number of rotatable bonds is 8. The lowest BCUT2D eigenvalue weighted by Gasteiger charge is -2.12. The SMILES string of the molecule is C=C(C)COc1ccccc1NC(=O)COc1ccc([N+](=O)[O-])cc1. The summed E-state index contributed by atoms with van der Waals surface area (Å²) < 4.78 is 10.9. The van der Waals surface area contributed by atoms with Crippen molar-refractivity contribution in [1.82, 2.24) is 0 Å². The molecule has 2 aromatic carbocycles. The zero-order valence-electron chi connectivity index (χ0n) is 13.7. The van der Waals surface area contributed by atoms with E-state index in [1.807, 2.05) is 6.92 Å². The number of non-ortho nitro benzene ring substituents is 1.